The van der Waals surface area contributed by atoms with Crippen LogP contribution in [0.15, 0.2) is 21.9 Å². The van der Waals surface area contributed by atoms with Crippen molar-refractivity contribution in [2.24, 2.45) is 0 Å². The lowest BCUT2D eigenvalue weighted by Gasteiger charge is -2.31. The number of nitro groups is 1. The molecule has 0 amide bonds. The van der Waals surface area contributed by atoms with Crippen molar-refractivity contribution in [3.8, 4) is 0 Å². The van der Waals surface area contributed by atoms with Gasteiger partial charge in [0.25, 0.3) is 0 Å². The average Bonchev–Trinajstić information content (AvgIpc) is 2.89. The van der Waals surface area contributed by atoms with Gasteiger partial charge in [0, 0.05) is 11.6 Å². The van der Waals surface area contributed by atoms with E-state index in [1.165, 1.54) is 28.0 Å². The van der Waals surface area contributed by atoms with E-state index in [4.69, 9.17) is 9.47 Å². The van der Waals surface area contributed by atoms with Gasteiger partial charge in [-0.2, -0.15) is 0 Å². The molecule has 0 saturated carbocycles. The van der Waals surface area contributed by atoms with Crippen LogP contribution in [0.25, 0.3) is 11.0 Å². The molecule has 1 aliphatic rings. The number of rotatable bonds is 2. The zero-order valence-corrected chi connectivity index (χ0v) is 12.8. The fourth-order valence-electron chi connectivity index (χ4n) is 2.05. The summed E-state index contributed by atoms with van der Waals surface area (Å²) in [5.74, 6) is -0.687. The lowest BCUT2D eigenvalue weighted by molar-refractivity contribution is -0.386. The molecule has 1 fully saturated rings. The quantitative estimate of drug-likeness (QED) is 0.618. The molecule has 3 rings (SSSR count). The Labute approximate surface area is 128 Å². The molecule has 0 radical (unpaired) electrons. The van der Waals surface area contributed by atoms with E-state index in [-0.39, 0.29) is 18.9 Å². The van der Waals surface area contributed by atoms with E-state index in [2.05, 4.69) is 4.98 Å². The molecular formula is C13H13N3O5S. The molecule has 2 aromatic heterocycles. The molecule has 116 valence electrons. The minimum absolute atomic E-state index is 0.0272. The van der Waals surface area contributed by atoms with Gasteiger partial charge in [-0.15, -0.1) is 11.3 Å². The van der Waals surface area contributed by atoms with Gasteiger partial charge in [0.15, 0.2) is 10.7 Å². The fourth-order valence-corrected chi connectivity index (χ4v) is 2.77. The second kappa shape index (κ2) is 5.27. The molecule has 0 aromatic carbocycles. The van der Waals surface area contributed by atoms with Crippen molar-refractivity contribution >= 4 is 28.1 Å². The minimum atomic E-state index is -0.708. The van der Waals surface area contributed by atoms with E-state index in [0.29, 0.717) is 10.5 Å². The lowest BCUT2D eigenvalue weighted by atomic mass is 10.2. The average molecular weight is 323 g/mol. The highest BCUT2D eigenvalue weighted by atomic mass is 32.1. The standard InChI is InChI=1S/C13H13N3O5S/c1-13(2)20-6-8(7-21-13)5-9-10(16(18)19)11(17)15-3-4-22-12(15)14-9/h3-5H,6-7H2,1-2H3. The molecule has 1 saturated heterocycles. The zero-order valence-electron chi connectivity index (χ0n) is 11.9. The van der Waals surface area contributed by atoms with E-state index >= 15 is 0 Å². The Morgan fingerprint density at radius 2 is 2.14 bits per heavy atom. The Morgan fingerprint density at radius 1 is 1.45 bits per heavy atom. The maximum absolute atomic E-state index is 12.2. The molecule has 0 spiro atoms. The van der Waals surface area contributed by atoms with Crippen LogP contribution in [-0.2, 0) is 9.47 Å². The van der Waals surface area contributed by atoms with Crippen molar-refractivity contribution < 1.29 is 14.4 Å². The maximum Gasteiger partial charge on any atom is 0.359 e. The van der Waals surface area contributed by atoms with Crippen LogP contribution in [0, 0.1) is 10.1 Å². The molecule has 8 nitrogen and oxygen atoms in total. The summed E-state index contributed by atoms with van der Waals surface area (Å²) in [5, 5.41) is 12.9. The third kappa shape index (κ3) is 2.65. The second-order valence-corrected chi connectivity index (χ2v) is 6.12. The van der Waals surface area contributed by atoms with E-state index in [0.717, 1.165) is 0 Å². The van der Waals surface area contributed by atoms with Gasteiger partial charge in [-0.1, -0.05) is 0 Å². The molecule has 0 bridgehead atoms. The summed E-state index contributed by atoms with van der Waals surface area (Å²) in [5.41, 5.74) is -0.524. The van der Waals surface area contributed by atoms with Crippen LogP contribution in [-0.4, -0.2) is 33.3 Å². The summed E-state index contributed by atoms with van der Waals surface area (Å²) in [7, 11) is 0. The predicted molar refractivity (Wildman–Crippen MR) is 80.0 cm³/mol. The number of thiazole rings is 1. The van der Waals surface area contributed by atoms with Gasteiger partial charge < -0.3 is 9.47 Å². The first-order chi connectivity index (χ1) is 10.4. The predicted octanol–water partition coefficient (Wildman–Crippen LogP) is 1.83. The van der Waals surface area contributed by atoms with Gasteiger partial charge >= 0.3 is 11.2 Å². The molecule has 3 heterocycles. The zero-order chi connectivity index (χ0) is 15.9. The number of hydrogen-bond donors (Lipinski definition) is 0. The second-order valence-electron chi connectivity index (χ2n) is 5.24. The molecule has 9 heteroatoms. The number of aromatic nitrogens is 2. The van der Waals surface area contributed by atoms with Crippen molar-refractivity contribution in [3.05, 3.63) is 43.3 Å². The highest BCUT2D eigenvalue weighted by Gasteiger charge is 2.27. The van der Waals surface area contributed by atoms with Gasteiger partial charge in [-0.3, -0.25) is 19.3 Å². The monoisotopic (exact) mass is 323 g/mol. The highest BCUT2D eigenvalue weighted by Crippen LogP contribution is 2.23. The number of fused-ring (bicyclic) bond motifs is 1. The fraction of sp³-hybridized carbons (Fsp3) is 0.385. The van der Waals surface area contributed by atoms with Crippen LogP contribution >= 0.6 is 11.3 Å². The van der Waals surface area contributed by atoms with Crippen molar-refractivity contribution in [3.63, 3.8) is 0 Å². The van der Waals surface area contributed by atoms with Gasteiger partial charge in [0.1, 0.15) is 5.69 Å². The van der Waals surface area contributed by atoms with Crippen LogP contribution in [0.1, 0.15) is 19.5 Å². The van der Waals surface area contributed by atoms with Crippen LogP contribution in [0.4, 0.5) is 5.69 Å². The Balaban J connectivity index is 2.08. The molecule has 2 aromatic rings. The summed E-state index contributed by atoms with van der Waals surface area (Å²) in [6.45, 7) is 4.12. The van der Waals surface area contributed by atoms with Crippen molar-refractivity contribution in [2.75, 3.05) is 13.2 Å². The Hall–Kier alpha value is -2.10. The van der Waals surface area contributed by atoms with E-state index < -0.39 is 22.0 Å². The number of nitrogens with zero attached hydrogens (tertiary/aromatic N) is 3. The van der Waals surface area contributed by atoms with Gasteiger partial charge in [0.05, 0.1) is 18.1 Å². The van der Waals surface area contributed by atoms with Gasteiger partial charge in [0.2, 0.25) is 0 Å². The van der Waals surface area contributed by atoms with E-state index in [9.17, 15) is 14.9 Å². The summed E-state index contributed by atoms with van der Waals surface area (Å²) < 4.78 is 12.1. The molecule has 0 unspecified atom stereocenters. The molecule has 22 heavy (non-hydrogen) atoms. The summed E-state index contributed by atoms with van der Waals surface area (Å²) >= 11 is 1.24. The smallest absolute Gasteiger partial charge is 0.346 e. The summed E-state index contributed by atoms with van der Waals surface area (Å²) in [6, 6.07) is 0. The maximum atomic E-state index is 12.2. The topological polar surface area (TPSA) is 96.0 Å². The lowest BCUT2D eigenvalue weighted by Crippen LogP contribution is -2.35. The highest BCUT2D eigenvalue weighted by molar-refractivity contribution is 7.15. The van der Waals surface area contributed by atoms with E-state index in [1.54, 1.807) is 19.2 Å². The first kappa shape index (κ1) is 14.8. The minimum Gasteiger partial charge on any atom is -0.346 e. The van der Waals surface area contributed by atoms with Gasteiger partial charge in [-0.25, -0.2) is 4.98 Å². The number of ether oxygens (including phenoxy) is 2. The molecular weight excluding hydrogens is 310 g/mol. The Kier molecular flexibility index (Phi) is 3.55. The van der Waals surface area contributed by atoms with Gasteiger partial charge in [-0.05, 0) is 25.5 Å². The van der Waals surface area contributed by atoms with Crippen molar-refractivity contribution in [2.45, 2.75) is 19.6 Å². The normalized spacial score (nSPS) is 17.6. The summed E-state index contributed by atoms with van der Waals surface area (Å²) in [6.07, 6.45) is 2.96. The number of hydrogen-bond acceptors (Lipinski definition) is 7. The first-order valence-corrected chi connectivity index (χ1v) is 7.37. The van der Waals surface area contributed by atoms with E-state index in [1.807, 2.05) is 0 Å². The van der Waals surface area contributed by atoms with Crippen LogP contribution in [0.2, 0.25) is 0 Å². The first-order valence-electron chi connectivity index (χ1n) is 6.49. The summed E-state index contributed by atoms with van der Waals surface area (Å²) in [4.78, 5) is 27.3. The SMILES string of the molecule is CC1(C)OCC(=Cc2nc3sccn3c(=O)c2[N+](=O)[O-])CO1. The van der Waals surface area contributed by atoms with Crippen LogP contribution < -0.4 is 5.56 Å². The van der Waals surface area contributed by atoms with Crippen LogP contribution in [0.5, 0.6) is 0 Å². The van der Waals surface area contributed by atoms with Crippen molar-refractivity contribution in [1.29, 1.82) is 0 Å². The Morgan fingerprint density at radius 3 is 2.77 bits per heavy atom. The molecule has 0 atom stereocenters. The third-order valence-electron chi connectivity index (χ3n) is 3.20. The molecule has 0 aliphatic carbocycles. The van der Waals surface area contributed by atoms with Crippen molar-refractivity contribution in [1.82, 2.24) is 9.38 Å². The van der Waals surface area contributed by atoms with Crippen LogP contribution in [0.3, 0.4) is 0 Å². The Bertz CT molecular complexity index is 824. The molecule has 1 aliphatic heterocycles. The molecule has 0 N–H and O–H groups in total. The largest absolute Gasteiger partial charge is 0.359 e. The third-order valence-corrected chi connectivity index (χ3v) is 3.96.